The number of hydrogen-bond donors (Lipinski definition) is 1. The van der Waals surface area contributed by atoms with Crippen LogP contribution in [-0.2, 0) is 0 Å². The molecule has 0 aliphatic heterocycles. The first kappa shape index (κ1) is 12.3. The molecule has 1 amide bonds. The highest BCUT2D eigenvalue weighted by Crippen LogP contribution is 2.36. The van der Waals surface area contributed by atoms with Gasteiger partial charge in [0.05, 0.1) is 12.7 Å². The minimum Gasteiger partial charge on any atom is -0.496 e. The van der Waals surface area contributed by atoms with E-state index in [0.29, 0.717) is 29.0 Å². The Labute approximate surface area is 113 Å². The first-order valence-corrected chi connectivity index (χ1v) is 6.93. The predicted octanol–water partition coefficient (Wildman–Crippen LogP) is 2.29. The Bertz CT molecular complexity index is 493. The van der Waals surface area contributed by atoms with Crippen LogP contribution >= 0.6 is 0 Å². The van der Waals surface area contributed by atoms with E-state index < -0.39 is 0 Å². The second kappa shape index (κ2) is 4.76. The second-order valence-electron chi connectivity index (χ2n) is 5.59. The van der Waals surface area contributed by atoms with Crippen LogP contribution < -0.4 is 10.5 Å². The van der Waals surface area contributed by atoms with Crippen molar-refractivity contribution in [2.75, 3.05) is 19.4 Å². The van der Waals surface area contributed by atoms with Crippen molar-refractivity contribution in [1.29, 1.82) is 0 Å². The molecule has 0 saturated heterocycles. The van der Waals surface area contributed by atoms with E-state index in [0.717, 1.165) is 19.4 Å². The fourth-order valence-electron chi connectivity index (χ4n) is 2.40. The van der Waals surface area contributed by atoms with Gasteiger partial charge < -0.3 is 15.4 Å². The number of carbonyl (C=O) groups excluding carboxylic acids is 1. The van der Waals surface area contributed by atoms with Gasteiger partial charge in [-0.2, -0.15) is 0 Å². The average molecular weight is 260 g/mol. The highest BCUT2D eigenvalue weighted by molar-refractivity contribution is 5.97. The lowest BCUT2D eigenvalue weighted by atomic mass is 10.1. The number of anilines is 1. The number of benzene rings is 1. The van der Waals surface area contributed by atoms with Gasteiger partial charge in [0.25, 0.3) is 5.91 Å². The Kier molecular flexibility index (Phi) is 3.09. The number of rotatable bonds is 5. The quantitative estimate of drug-likeness (QED) is 0.826. The van der Waals surface area contributed by atoms with Gasteiger partial charge in [-0.05, 0) is 43.7 Å². The summed E-state index contributed by atoms with van der Waals surface area (Å²) >= 11 is 0. The Morgan fingerprint density at radius 3 is 2.68 bits per heavy atom. The maximum Gasteiger partial charge on any atom is 0.257 e. The average Bonchev–Trinajstić information content (AvgIpc) is 3.27. The first-order valence-electron chi connectivity index (χ1n) is 6.93. The van der Waals surface area contributed by atoms with E-state index in [-0.39, 0.29) is 5.91 Å². The summed E-state index contributed by atoms with van der Waals surface area (Å²) in [6.45, 7) is 0.900. The molecule has 2 aliphatic rings. The van der Waals surface area contributed by atoms with Crippen LogP contribution in [0.5, 0.6) is 5.75 Å². The molecule has 2 fully saturated rings. The molecular formula is C15H20N2O2. The maximum absolute atomic E-state index is 12.7. The molecule has 1 aromatic carbocycles. The number of methoxy groups -OCH3 is 1. The van der Waals surface area contributed by atoms with E-state index in [1.807, 2.05) is 4.90 Å². The summed E-state index contributed by atoms with van der Waals surface area (Å²) in [4.78, 5) is 14.7. The van der Waals surface area contributed by atoms with E-state index in [9.17, 15) is 4.79 Å². The second-order valence-corrected chi connectivity index (χ2v) is 5.59. The summed E-state index contributed by atoms with van der Waals surface area (Å²) in [5.74, 6) is 1.38. The predicted molar refractivity (Wildman–Crippen MR) is 74.2 cm³/mol. The van der Waals surface area contributed by atoms with E-state index in [2.05, 4.69) is 0 Å². The van der Waals surface area contributed by atoms with Crippen LogP contribution in [0.3, 0.4) is 0 Å². The molecule has 2 saturated carbocycles. The van der Waals surface area contributed by atoms with Crippen LogP contribution in [0.2, 0.25) is 0 Å². The number of carbonyl (C=O) groups is 1. The van der Waals surface area contributed by atoms with Gasteiger partial charge in [-0.3, -0.25) is 4.79 Å². The summed E-state index contributed by atoms with van der Waals surface area (Å²) in [6, 6.07) is 5.70. The number of nitrogens with zero attached hydrogens (tertiary/aromatic N) is 1. The third-order valence-corrected chi connectivity index (χ3v) is 3.86. The Hall–Kier alpha value is -1.71. The zero-order valence-corrected chi connectivity index (χ0v) is 11.3. The summed E-state index contributed by atoms with van der Waals surface area (Å²) < 4.78 is 5.29. The first-order chi connectivity index (χ1) is 9.19. The van der Waals surface area contributed by atoms with Gasteiger partial charge in [0, 0.05) is 24.3 Å². The molecule has 1 aromatic rings. The molecule has 0 radical (unpaired) electrons. The molecule has 0 bridgehead atoms. The Balaban J connectivity index is 1.84. The lowest BCUT2D eigenvalue weighted by molar-refractivity contribution is 0.0731. The molecule has 0 atom stereocenters. The lowest BCUT2D eigenvalue weighted by Crippen LogP contribution is -2.35. The number of ether oxygens (including phenoxy) is 1. The van der Waals surface area contributed by atoms with Crippen molar-refractivity contribution in [3.8, 4) is 5.75 Å². The van der Waals surface area contributed by atoms with Gasteiger partial charge in [-0.25, -0.2) is 0 Å². The molecule has 0 aromatic heterocycles. The van der Waals surface area contributed by atoms with E-state index >= 15 is 0 Å². The van der Waals surface area contributed by atoms with Crippen molar-refractivity contribution >= 4 is 11.6 Å². The molecule has 2 N–H and O–H groups in total. The minimum absolute atomic E-state index is 0.0891. The summed E-state index contributed by atoms with van der Waals surface area (Å²) in [5.41, 5.74) is 6.99. The van der Waals surface area contributed by atoms with Crippen molar-refractivity contribution in [3.05, 3.63) is 23.8 Å². The Morgan fingerprint density at radius 1 is 1.37 bits per heavy atom. The maximum atomic E-state index is 12.7. The SMILES string of the molecule is COc1cc(N)ccc1C(=O)N(CC1CC1)C1CC1. The van der Waals surface area contributed by atoms with E-state index in [4.69, 9.17) is 10.5 Å². The van der Waals surface area contributed by atoms with Crippen molar-refractivity contribution < 1.29 is 9.53 Å². The van der Waals surface area contributed by atoms with Gasteiger partial charge in [0.1, 0.15) is 5.75 Å². The fraction of sp³-hybridized carbons (Fsp3) is 0.533. The van der Waals surface area contributed by atoms with Crippen LogP contribution in [0.15, 0.2) is 18.2 Å². The minimum atomic E-state index is 0.0891. The molecule has 0 unspecified atom stereocenters. The summed E-state index contributed by atoms with van der Waals surface area (Å²) in [7, 11) is 1.58. The highest BCUT2D eigenvalue weighted by Gasteiger charge is 2.37. The third kappa shape index (κ3) is 2.67. The van der Waals surface area contributed by atoms with Gasteiger partial charge in [0.15, 0.2) is 0 Å². The Morgan fingerprint density at radius 2 is 2.11 bits per heavy atom. The highest BCUT2D eigenvalue weighted by atomic mass is 16.5. The number of nitrogens with two attached hydrogens (primary N) is 1. The molecular weight excluding hydrogens is 240 g/mol. The molecule has 4 nitrogen and oxygen atoms in total. The van der Waals surface area contributed by atoms with Crippen molar-refractivity contribution in [3.63, 3.8) is 0 Å². The number of hydrogen-bond acceptors (Lipinski definition) is 3. The largest absolute Gasteiger partial charge is 0.496 e. The van der Waals surface area contributed by atoms with Crippen LogP contribution in [0.4, 0.5) is 5.69 Å². The van der Waals surface area contributed by atoms with Crippen LogP contribution in [0, 0.1) is 5.92 Å². The normalized spacial score (nSPS) is 18.2. The van der Waals surface area contributed by atoms with Crippen molar-refractivity contribution in [2.24, 2.45) is 5.92 Å². The zero-order valence-electron chi connectivity index (χ0n) is 11.3. The zero-order chi connectivity index (χ0) is 13.4. The monoisotopic (exact) mass is 260 g/mol. The van der Waals surface area contributed by atoms with E-state index in [1.165, 1.54) is 12.8 Å². The molecule has 0 spiro atoms. The van der Waals surface area contributed by atoms with Gasteiger partial charge in [-0.1, -0.05) is 0 Å². The van der Waals surface area contributed by atoms with Crippen LogP contribution in [0.25, 0.3) is 0 Å². The standard InChI is InChI=1S/C15H20N2O2/c1-19-14-8-11(16)4-7-13(14)15(18)17(12-5-6-12)9-10-2-3-10/h4,7-8,10,12H,2-3,5-6,9,16H2,1H3. The molecule has 4 heteroatoms. The molecule has 0 heterocycles. The lowest BCUT2D eigenvalue weighted by Gasteiger charge is -2.23. The molecule has 3 rings (SSSR count). The van der Waals surface area contributed by atoms with Crippen LogP contribution in [-0.4, -0.2) is 30.5 Å². The number of nitrogen functional groups attached to an aromatic ring is 1. The van der Waals surface area contributed by atoms with Crippen molar-refractivity contribution in [1.82, 2.24) is 4.90 Å². The molecule has 2 aliphatic carbocycles. The van der Waals surface area contributed by atoms with Gasteiger partial charge in [0.2, 0.25) is 0 Å². The van der Waals surface area contributed by atoms with Gasteiger partial charge in [-0.15, -0.1) is 0 Å². The van der Waals surface area contributed by atoms with Crippen LogP contribution in [0.1, 0.15) is 36.0 Å². The fourth-order valence-corrected chi connectivity index (χ4v) is 2.40. The molecule has 19 heavy (non-hydrogen) atoms. The van der Waals surface area contributed by atoms with Gasteiger partial charge >= 0.3 is 0 Å². The summed E-state index contributed by atoms with van der Waals surface area (Å²) in [6.07, 6.45) is 4.79. The number of amides is 1. The summed E-state index contributed by atoms with van der Waals surface area (Å²) in [5, 5.41) is 0. The smallest absolute Gasteiger partial charge is 0.257 e. The van der Waals surface area contributed by atoms with E-state index in [1.54, 1.807) is 25.3 Å². The topological polar surface area (TPSA) is 55.6 Å². The van der Waals surface area contributed by atoms with Crippen molar-refractivity contribution in [2.45, 2.75) is 31.7 Å². The molecule has 102 valence electrons. The third-order valence-electron chi connectivity index (χ3n) is 3.86.